The van der Waals surface area contributed by atoms with Crippen molar-refractivity contribution in [1.29, 1.82) is 5.26 Å². The van der Waals surface area contributed by atoms with Gasteiger partial charge < -0.3 is 10.3 Å². The summed E-state index contributed by atoms with van der Waals surface area (Å²) in [4.78, 5) is 35.6. The van der Waals surface area contributed by atoms with Crippen molar-refractivity contribution >= 4 is 33.1 Å². The molecular formula is C24H27N5O2S. The topological polar surface area (TPSA) is 102 Å². The average molecular weight is 450 g/mol. The van der Waals surface area contributed by atoms with Crippen molar-refractivity contribution < 1.29 is 4.79 Å². The van der Waals surface area contributed by atoms with E-state index in [1.807, 2.05) is 25.1 Å². The van der Waals surface area contributed by atoms with Crippen LogP contribution < -0.4 is 10.9 Å². The number of thiophene rings is 1. The number of aromatic nitrogens is 2. The number of nitrogens with zero attached hydrogens (tertiary/aromatic N) is 3. The molecule has 32 heavy (non-hydrogen) atoms. The van der Waals surface area contributed by atoms with E-state index >= 15 is 0 Å². The fraction of sp³-hybridized carbons (Fsp3) is 0.417. The summed E-state index contributed by atoms with van der Waals surface area (Å²) in [7, 11) is 0. The van der Waals surface area contributed by atoms with Crippen LogP contribution in [0.4, 0.5) is 5.00 Å². The van der Waals surface area contributed by atoms with Gasteiger partial charge in [-0.15, -0.1) is 11.3 Å². The maximum Gasteiger partial charge on any atom is 0.258 e. The summed E-state index contributed by atoms with van der Waals surface area (Å²) in [6.07, 6.45) is 3.27. The first kappa shape index (κ1) is 22.2. The number of rotatable bonds is 7. The van der Waals surface area contributed by atoms with Crippen LogP contribution in [0, 0.1) is 17.2 Å². The zero-order valence-electron chi connectivity index (χ0n) is 18.4. The highest BCUT2D eigenvalue weighted by Gasteiger charge is 2.24. The summed E-state index contributed by atoms with van der Waals surface area (Å²) in [5.74, 6) is 1.10. The molecule has 0 fully saturated rings. The second kappa shape index (κ2) is 9.63. The zero-order valence-corrected chi connectivity index (χ0v) is 19.2. The number of carbonyl (C=O) groups excluding carboxylic acids is 1. The van der Waals surface area contributed by atoms with Gasteiger partial charge in [0, 0.05) is 17.8 Å². The molecule has 4 rings (SSSR count). The number of nitrogens with one attached hydrogen (secondary N) is 2. The molecule has 8 heteroatoms. The minimum absolute atomic E-state index is 0.105. The highest BCUT2D eigenvalue weighted by Crippen LogP contribution is 2.39. The largest absolute Gasteiger partial charge is 0.317 e. The third-order valence-corrected chi connectivity index (χ3v) is 7.18. The van der Waals surface area contributed by atoms with Gasteiger partial charge in [-0.25, -0.2) is 4.98 Å². The highest BCUT2D eigenvalue weighted by atomic mass is 32.1. The number of benzene rings is 1. The molecule has 1 unspecified atom stereocenters. The van der Waals surface area contributed by atoms with Gasteiger partial charge in [-0.3, -0.25) is 14.5 Å². The lowest BCUT2D eigenvalue weighted by Gasteiger charge is -2.19. The van der Waals surface area contributed by atoms with Gasteiger partial charge in [-0.05, 0) is 49.4 Å². The van der Waals surface area contributed by atoms with Gasteiger partial charge in [0.1, 0.15) is 16.9 Å². The standard InChI is InChI=1S/C24H27N5O2S/c1-3-29(14-21-26-19-7-5-4-6-17(19)23(31)27-21)11-10-22(30)28-24-18(13-25)16-9-8-15(2)12-20(16)32-24/h4-7,15H,3,8-12,14H2,1-2H3,(H,28,30)(H,26,27,31). The maximum absolute atomic E-state index is 12.6. The number of para-hydroxylation sites is 1. The summed E-state index contributed by atoms with van der Waals surface area (Å²) in [5, 5.41) is 13.8. The van der Waals surface area contributed by atoms with Crippen LogP contribution in [0.15, 0.2) is 29.1 Å². The molecular weight excluding hydrogens is 422 g/mol. The van der Waals surface area contributed by atoms with Gasteiger partial charge in [-0.1, -0.05) is 26.0 Å². The molecule has 0 bridgehead atoms. The van der Waals surface area contributed by atoms with E-state index in [1.54, 1.807) is 17.4 Å². The first-order chi connectivity index (χ1) is 15.5. The summed E-state index contributed by atoms with van der Waals surface area (Å²) in [5.41, 5.74) is 2.27. The minimum Gasteiger partial charge on any atom is -0.317 e. The number of amides is 1. The van der Waals surface area contributed by atoms with Crippen molar-refractivity contribution in [2.24, 2.45) is 5.92 Å². The van der Waals surface area contributed by atoms with E-state index in [9.17, 15) is 14.9 Å². The van der Waals surface area contributed by atoms with Crippen molar-refractivity contribution in [3.8, 4) is 6.07 Å². The molecule has 0 saturated carbocycles. The predicted molar refractivity (Wildman–Crippen MR) is 127 cm³/mol. The van der Waals surface area contributed by atoms with E-state index in [1.165, 1.54) is 4.88 Å². The van der Waals surface area contributed by atoms with Crippen molar-refractivity contribution in [2.45, 2.75) is 46.1 Å². The quantitative estimate of drug-likeness (QED) is 0.571. The van der Waals surface area contributed by atoms with E-state index < -0.39 is 0 Å². The number of H-pyrrole nitrogens is 1. The smallest absolute Gasteiger partial charge is 0.258 e. The SMILES string of the molecule is CCN(CCC(=O)Nc1sc2c(c1C#N)CCC(C)C2)Cc1nc2ccccc2c(=O)[nH]1. The lowest BCUT2D eigenvalue weighted by atomic mass is 9.89. The molecule has 0 saturated heterocycles. The van der Waals surface area contributed by atoms with Crippen LogP contribution in [0.25, 0.3) is 10.9 Å². The molecule has 166 valence electrons. The van der Waals surface area contributed by atoms with Crippen LogP contribution in [0.3, 0.4) is 0 Å². The van der Waals surface area contributed by atoms with Crippen LogP contribution in [0.2, 0.25) is 0 Å². The van der Waals surface area contributed by atoms with Crippen molar-refractivity contribution in [1.82, 2.24) is 14.9 Å². The number of nitriles is 1. The van der Waals surface area contributed by atoms with Crippen LogP contribution in [0.1, 0.15) is 48.5 Å². The molecule has 0 spiro atoms. The lowest BCUT2D eigenvalue weighted by molar-refractivity contribution is -0.116. The normalized spacial score (nSPS) is 15.5. The minimum atomic E-state index is -0.153. The Morgan fingerprint density at radius 1 is 1.41 bits per heavy atom. The van der Waals surface area contributed by atoms with Crippen LogP contribution in [-0.2, 0) is 24.2 Å². The molecule has 1 amide bonds. The maximum atomic E-state index is 12.6. The lowest BCUT2D eigenvalue weighted by Crippen LogP contribution is -2.29. The molecule has 3 aromatic rings. The van der Waals surface area contributed by atoms with Crippen molar-refractivity contribution in [3.05, 3.63) is 56.4 Å². The van der Waals surface area contributed by atoms with Gasteiger partial charge in [0.05, 0.1) is 23.0 Å². The van der Waals surface area contributed by atoms with Gasteiger partial charge in [0.15, 0.2) is 0 Å². The zero-order chi connectivity index (χ0) is 22.7. The highest BCUT2D eigenvalue weighted by molar-refractivity contribution is 7.16. The Morgan fingerprint density at radius 2 is 2.22 bits per heavy atom. The summed E-state index contributed by atoms with van der Waals surface area (Å²) < 4.78 is 0. The molecule has 1 atom stereocenters. The second-order valence-corrected chi connectivity index (χ2v) is 9.47. The average Bonchev–Trinajstić information content (AvgIpc) is 3.12. The Morgan fingerprint density at radius 3 is 3.00 bits per heavy atom. The molecule has 7 nitrogen and oxygen atoms in total. The number of fused-ring (bicyclic) bond motifs is 2. The van der Waals surface area contributed by atoms with Crippen molar-refractivity contribution in [2.75, 3.05) is 18.4 Å². The van der Waals surface area contributed by atoms with Crippen LogP contribution in [0.5, 0.6) is 0 Å². The fourth-order valence-corrected chi connectivity index (χ4v) is 5.55. The molecule has 0 aliphatic heterocycles. The number of aromatic amines is 1. The molecule has 2 N–H and O–H groups in total. The van der Waals surface area contributed by atoms with Gasteiger partial charge in [0.25, 0.3) is 5.56 Å². The third kappa shape index (κ3) is 4.74. The second-order valence-electron chi connectivity index (χ2n) is 8.36. The van der Waals surface area contributed by atoms with E-state index in [-0.39, 0.29) is 11.5 Å². The third-order valence-electron chi connectivity index (χ3n) is 6.01. The number of hydrogen-bond acceptors (Lipinski definition) is 6. The number of anilines is 1. The van der Waals surface area contributed by atoms with Crippen LogP contribution in [-0.4, -0.2) is 33.9 Å². The molecule has 1 aliphatic carbocycles. The van der Waals surface area contributed by atoms with Gasteiger partial charge in [0.2, 0.25) is 5.91 Å². The Hall–Kier alpha value is -3.02. The summed E-state index contributed by atoms with van der Waals surface area (Å²) >= 11 is 1.55. The molecule has 1 aliphatic rings. The number of carbonyl (C=O) groups is 1. The van der Waals surface area contributed by atoms with E-state index in [0.29, 0.717) is 52.7 Å². The van der Waals surface area contributed by atoms with Crippen molar-refractivity contribution in [3.63, 3.8) is 0 Å². The Kier molecular flexibility index (Phi) is 6.68. The fourth-order valence-electron chi connectivity index (χ4n) is 4.18. The molecule has 1 aromatic carbocycles. The molecule has 2 aromatic heterocycles. The Bertz CT molecular complexity index is 1240. The number of hydrogen-bond donors (Lipinski definition) is 2. The van der Waals surface area contributed by atoms with E-state index in [2.05, 4.69) is 33.2 Å². The monoisotopic (exact) mass is 449 g/mol. The molecule has 0 radical (unpaired) electrons. The van der Waals surface area contributed by atoms with Crippen LogP contribution >= 0.6 is 11.3 Å². The predicted octanol–water partition coefficient (Wildman–Crippen LogP) is 3.83. The summed E-state index contributed by atoms with van der Waals surface area (Å²) in [6.45, 7) is 5.95. The first-order valence-corrected chi connectivity index (χ1v) is 11.8. The first-order valence-electron chi connectivity index (χ1n) is 11.0. The van der Waals surface area contributed by atoms with Gasteiger partial charge >= 0.3 is 0 Å². The Labute approximate surface area is 191 Å². The summed E-state index contributed by atoms with van der Waals surface area (Å²) in [6, 6.07) is 9.55. The van der Waals surface area contributed by atoms with E-state index in [0.717, 1.165) is 31.4 Å². The Balaban J connectivity index is 1.39. The molecule has 2 heterocycles. The van der Waals surface area contributed by atoms with E-state index in [4.69, 9.17) is 0 Å². The van der Waals surface area contributed by atoms with Gasteiger partial charge in [-0.2, -0.15) is 5.26 Å².